The Morgan fingerprint density at radius 3 is 2.64 bits per heavy atom. The normalized spacial score (nSPS) is 12.0. The molecule has 0 aliphatic heterocycles. The van der Waals surface area contributed by atoms with E-state index in [0.29, 0.717) is 11.4 Å². The van der Waals surface area contributed by atoms with Crippen LogP contribution in [0.4, 0.5) is 5.82 Å². The molecule has 3 aromatic rings. The molecule has 1 heterocycles. The summed E-state index contributed by atoms with van der Waals surface area (Å²) >= 11 is 0. The van der Waals surface area contributed by atoms with Crippen LogP contribution in [0.3, 0.4) is 0 Å². The van der Waals surface area contributed by atoms with Crippen molar-refractivity contribution in [3.63, 3.8) is 0 Å². The number of aliphatic hydroxyl groups is 1. The van der Waals surface area contributed by atoms with Crippen LogP contribution in [0.25, 0.3) is 10.8 Å². The van der Waals surface area contributed by atoms with Gasteiger partial charge in [-0.1, -0.05) is 36.4 Å². The molecule has 0 spiro atoms. The smallest absolute Gasteiger partial charge is 0.251 e. The third-order valence-corrected chi connectivity index (χ3v) is 4.08. The van der Waals surface area contributed by atoms with Gasteiger partial charge in [-0.2, -0.15) is 0 Å². The van der Waals surface area contributed by atoms with Crippen LogP contribution in [0.15, 0.2) is 60.8 Å². The van der Waals surface area contributed by atoms with E-state index in [1.807, 2.05) is 61.5 Å². The summed E-state index contributed by atoms with van der Waals surface area (Å²) in [6.07, 6.45) is 0.841. The first-order valence-electron chi connectivity index (χ1n) is 8.13. The number of nitrogens with zero attached hydrogens (tertiary/aromatic N) is 2. The van der Waals surface area contributed by atoms with Crippen molar-refractivity contribution in [1.29, 1.82) is 0 Å². The molecular formula is C20H21N3O2. The van der Waals surface area contributed by atoms with E-state index < -0.39 is 6.10 Å². The van der Waals surface area contributed by atoms with Gasteiger partial charge in [-0.15, -0.1) is 0 Å². The summed E-state index contributed by atoms with van der Waals surface area (Å²) in [5.41, 5.74) is 1.30. The number of benzene rings is 2. The summed E-state index contributed by atoms with van der Waals surface area (Å²) < 4.78 is 0. The van der Waals surface area contributed by atoms with Gasteiger partial charge < -0.3 is 15.3 Å². The molecule has 1 aromatic heterocycles. The van der Waals surface area contributed by atoms with E-state index >= 15 is 0 Å². The second-order valence-electron chi connectivity index (χ2n) is 6.13. The predicted molar refractivity (Wildman–Crippen MR) is 99.8 cm³/mol. The fourth-order valence-corrected chi connectivity index (χ4v) is 2.63. The van der Waals surface area contributed by atoms with E-state index in [2.05, 4.69) is 10.3 Å². The zero-order valence-corrected chi connectivity index (χ0v) is 14.3. The third-order valence-electron chi connectivity index (χ3n) is 4.08. The predicted octanol–water partition coefficient (Wildman–Crippen LogP) is 2.76. The van der Waals surface area contributed by atoms with Gasteiger partial charge in [-0.05, 0) is 34.5 Å². The number of hydrogen-bond acceptors (Lipinski definition) is 4. The van der Waals surface area contributed by atoms with Crippen molar-refractivity contribution in [3.8, 4) is 0 Å². The van der Waals surface area contributed by atoms with Crippen molar-refractivity contribution in [2.45, 2.75) is 6.10 Å². The largest absolute Gasteiger partial charge is 0.387 e. The molecule has 25 heavy (non-hydrogen) atoms. The molecule has 0 saturated carbocycles. The molecule has 0 aliphatic carbocycles. The molecule has 2 N–H and O–H groups in total. The van der Waals surface area contributed by atoms with Crippen molar-refractivity contribution in [2.75, 3.05) is 25.5 Å². The van der Waals surface area contributed by atoms with Gasteiger partial charge in [0.2, 0.25) is 0 Å². The molecule has 1 atom stereocenters. The molecule has 128 valence electrons. The number of carbonyl (C=O) groups is 1. The molecule has 0 saturated heterocycles. The highest BCUT2D eigenvalue weighted by Gasteiger charge is 2.12. The average Bonchev–Trinajstić information content (AvgIpc) is 2.65. The van der Waals surface area contributed by atoms with Crippen molar-refractivity contribution in [3.05, 3.63) is 71.9 Å². The highest BCUT2D eigenvalue weighted by Crippen LogP contribution is 2.20. The number of aliphatic hydroxyl groups excluding tert-OH is 1. The summed E-state index contributed by atoms with van der Waals surface area (Å²) in [7, 11) is 3.74. The number of aromatic nitrogens is 1. The molecule has 5 heteroatoms. The number of pyridine rings is 1. The Morgan fingerprint density at radius 2 is 1.88 bits per heavy atom. The summed E-state index contributed by atoms with van der Waals surface area (Å²) in [6.45, 7) is 0.150. The van der Waals surface area contributed by atoms with Gasteiger partial charge in [-0.25, -0.2) is 4.98 Å². The second kappa shape index (κ2) is 7.32. The maximum atomic E-state index is 12.3. The van der Waals surface area contributed by atoms with Crippen LogP contribution in [0.2, 0.25) is 0 Å². The van der Waals surface area contributed by atoms with Crippen LogP contribution in [0.5, 0.6) is 0 Å². The van der Waals surface area contributed by atoms with Gasteiger partial charge >= 0.3 is 0 Å². The van der Waals surface area contributed by atoms with E-state index in [4.69, 9.17) is 0 Å². The van der Waals surface area contributed by atoms with Crippen LogP contribution in [0, 0.1) is 0 Å². The highest BCUT2D eigenvalue weighted by atomic mass is 16.3. The number of carbonyl (C=O) groups excluding carboxylic acids is 1. The lowest BCUT2D eigenvalue weighted by Gasteiger charge is -2.14. The zero-order valence-electron chi connectivity index (χ0n) is 14.3. The summed E-state index contributed by atoms with van der Waals surface area (Å²) in [6, 6.07) is 17.2. The van der Waals surface area contributed by atoms with Crippen LogP contribution in [-0.4, -0.2) is 36.6 Å². The van der Waals surface area contributed by atoms with E-state index in [1.54, 1.807) is 18.3 Å². The minimum absolute atomic E-state index is 0.150. The lowest BCUT2D eigenvalue weighted by molar-refractivity contribution is 0.0916. The Hall–Kier alpha value is -2.92. The number of nitrogens with one attached hydrogen (secondary N) is 1. The monoisotopic (exact) mass is 335 g/mol. The Labute approximate surface area is 146 Å². The number of rotatable bonds is 5. The Balaban J connectivity index is 1.67. The number of anilines is 1. The molecule has 0 bridgehead atoms. The molecule has 5 nitrogen and oxygen atoms in total. The van der Waals surface area contributed by atoms with E-state index in [0.717, 1.165) is 16.3 Å². The maximum Gasteiger partial charge on any atom is 0.251 e. The van der Waals surface area contributed by atoms with E-state index in [9.17, 15) is 9.90 Å². The standard InChI is InChI=1S/C20H21N3O2/c1-23(2)19-12-17(9-10-21-19)20(25)22-13-18(24)16-8-7-14-5-3-4-6-15(14)11-16/h3-12,18,24H,13H2,1-2H3,(H,22,25). The topological polar surface area (TPSA) is 65.5 Å². The molecule has 1 amide bonds. The number of amides is 1. The number of hydrogen-bond donors (Lipinski definition) is 2. The van der Waals surface area contributed by atoms with E-state index in [-0.39, 0.29) is 12.5 Å². The number of fused-ring (bicyclic) bond motifs is 1. The van der Waals surface area contributed by atoms with E-state index in [1.165, 1.54) is 0 Å². The van der Waals surface area contributed by atoms with Gasteiger partial charge in [0.15, 0.2) is 0 Å². The lowest BCUT2D eigenvalue weighted by Crippen LogP contribution is -2.28. The van der Waals surface area contributed by atoms with Crippen molar-refractivity contribution in [1.82, 2.24) is 10.3 Å². The van der Waals surface area contributed by atoms with Crippen LogP contribution < -0.4 is 10.2 Å². The molecule has 0 fully saturated rings. The molecule has 0 radical (unpaired) electrons. The minimum Gasteiger partial charge on any atom is -0.387 e. The Morgan fingerprint density at radius 1 is 1.12 bits per heavy atom. The third kappa shape index (κ3) is 3.95. The SMILES string of the molecule is CN(C)c1cc(C(=O)NCC(O)c2ccc3ccccc3c2)ccn1. The van der Waals surface area contributed by atoms with Crippen LogP contribution in [-0.2, 0) is 0 Å². The minimum atomic E-state index is -0.760. The highest BCUT2D eigenvalue weighted by molar-refractivity contribution is 5.94. The molecule has 0 aliphatic rings. The van der Waals surface area contributed by atoms with Crippen molar-refractivity contribution >= 4 is 22.5 Å². The first kappa shape index (κ1) is 16.9. The molecule has 2 aromatic carbocycles. The summed E-state index contributed by atoms with van der Waals surface area (Å²) in [5, 5.41) is 15.3. The molecule has 3 rings (SSSR count). The van der Waals surface area contributed by atoms with Crippen molar-refractivity contribution in [2.24, 2.45) is 0 Å². The maximum absolute atomic E-state index is 12.3. The fourth-order valence-electron chi connectivity index (χ4n) is 2.63. The van der Waals surface area contributed by atoms with Gasteiger partial charge in [-0.3, -0.25) is 4.79 Å². The fraction of sp³-hybridized carbons (Fsp3) is 0.200. The Bertz CT molecular complexity index is 893. The first-order chi connectivity index (χ1) is 12.0. The van der Waals surface area contributed by atoms with Gasteiger partial charge in [0, 0.05) is 32.4 Å². The second-order valence-corrected chi connectivity index (χ2v) is 6.13. The van der Waals surface area contributed by atoms with Crippen LogP contribution >= 0.6 is 0 Å². The van der Waals surface area contributed by atoms with Crippen LogP contribution in [0.1, 0.15) is 22.0 Å². The summed E-state index contributed by atoms with van der Waals surface area (Å²) in [4.78, 5) is 18.3. The summed E-state index contributed by atoms with van der Waals surface area (Å²) in [5.74, 6) is 0.480. The first-order valence-corrected chi connectivity index (χ1v) is 8.13. The lowest BCUT2D eigenvalue weighted by atomic mass is 10.0. The van der Waals surface area contributed by atoms with Gasteiger partial charge in [0.1, 0.15) is 5.82 Å². The quantitative estimate of drug-likeness (QED) is 0.752. The van der Waals surface area contributed by atoms with Gasteiger partial charge in [0.25, 0.3) is 5.91 Å². The molecular weight excluding hydrogens is 314 g/mol. The average molecular weight is 335 g/mol. The van der Waals surface area contributed by atoms with Crippen molar-refractivity contribution < 1.29 is 9.90 Å². The Kier molecular flexibility index (Phi) is 4.95. The molecule has 1 unspecified atom stereocenters. The van der Waals surface area contributed by atoms with Gasteiger partial charge in [0.05, 0.1) is 6.10 Å². The zero-order chi connectivity index (χ0) is 17.8.